The van der Waals surface area contributed by atoms with Crippen LogP contribution in [-0.2, 0) is 17.8 Å². The van der Waals surface area contributed by atoms with Crippen LogP contribution in [0, 0.1) is 0 Å². The summed E-state index contributed by atoms with van der Waals surface area (Å²) in [5.74, 6) is -0.432. The van der Waals surface area contributed by atoms with Crippen molar-refractivity contribution in [1.82, 2.24) is 14.7 Å². The summed E-state index contributed by atoms with van der Waals surface area (Å²) in [6.07, 6.45) is 6.46. The van der Waals surface area contributed by atoms with E-state index in [2.05, 4.69) is 23.1 Å². The molecule has 112 valence electrons. The summed E-state index contributed by atoms with van der Waals surface area (Å²) in [5, 5.41) is 14.6. The van der Waals surface area contributed by atoms with Crippen LogP contribution in [0.2, 0.25) is 0 Å². The summed E-state index contributed by atoms with van der Waals surface area (Å²) in [6, 6.07) is 0. The molecule has 1 aromatic heterocycles. The molecular weight excluding hydrogens is 256 g/mol. The first-order valence-corrected chi connectivity index (χ1v) is 7.25. The van der Waals surface area contributed by atoms with Crippen molar-refractivity contribution in [3.63, 3.8) is 0 Å². The molecule has 0 saturated carbocycles. The van der Waals surface area contributed by atoms with Crippen molar-refractivity contribution in [2.75, 3.05) is 19.6 Å². The summed E-state index contributed by atoms with van der Waals surface area (Å²) in [7, 11) is 0. The van der Waals surface area contributed by atoms with Gasteiger partial charge < -0.3 is 15.7 Å². The molecule has 6 nitrogen and oxygen atoms in total. The van der Waals surface area contributed by atoms with Gasteiger partial charge in [0.05, 0.1) is 18.2 Å². The number of hydrogen-bond acceptors (Lipinski definition) is 4. The molecule has 0 radical (unpaired) electrons. The normalized spacial score (nSPS) is 23.9. The second kappa shape index (κ2) is 6.37. The average Bonchev–Trinajstić information content (AvgIpc) is 2.83. The minimum Gasteiger partial charge on any atom is -0.388 e. The average molecular weight is 280 g/mol. The summed E-state index contributed by atoms with van der Waals surface area (Å²) in [4.78, 5) is 13.2. The van der Waals surface area contributed by atoms with E-state index in [0.29, 0.717) is 13.0 Å². The number of primary amides is 1. The zero-order chi connectivity index (χ0) is 14.6. The number of nitrogens with two attached hydrogens (primary N) is 1. The first kappa shape index (κ1) is 15.0. The van der Waals surface area contributed by atoms with Crippen LogP contribution in [0.3, 0.4) is 0 Å². The van der Waals surface area contributed by atoms with E-state index >= 15 is 0 Å². The molecule has 0 aromatic carbocycles. The van der Waals surface area contributed by atoms with Crippen molar-refractivity contribution in [2.24, 2.45) is 5.73 Å². The van der Waals surface area contributed by atoms with Gasteiger partial charge in [0, 0.05) is 25.8 Å². The standard InChI is InChI=1S/C14H24N4O2/c1-2-18-10-12(9-16-18)4-7-17-6-3-5-14(20,11-17)8-13(15)19/h9-10,20H,2-8,11H2,1H3,(H2,15,19). The molecule has 1 atom stereocenters. The fourth-order valence-electron chi connectivity index (χ4n) is 2.86. The van der Waals surface area contributed by atoms with Crippen LogP contribution >= 0.6 is 0 Å². The van der Waals surface area contributed by atoms with Crippen molar-refractivity contribution in [3.05, 3.63) is 18.0 Å². The van der Waals surface area contributed by atoms with Crippen LogP contribution in [-0.4, -0.2) is 50.9 Å². The van der Waals surface area contributed by atoms with Crippen LogP contribution in [0.4, 0.5) is 0 Å². The molecule has 6 heteroatoms. The van der Waals surface area contributed by atoms with Gasteiger partial charge in [-0.2, -0.15) is 5.10 Å². The summed E-state index contributed by atoms with van der Waals surface area (Å²) in [5.41, 5.74) is 5.47. The Morgan fingerprint density at radius 1 is 1.60 bits per heavy atom. The minimum atomic E-state index is -0.947. The highest BCUT2D eigenvalue weighted by molar-refractivity contribution is 5.75. The molecule has 0 aliphatic carbocycles. The highest BCUT2D eigenvalue weighted by atomic mass is 16.3. The van der Waals surface area contributed by atoms with Gasteiger partial charge in [-0.3, -0.25) is 9.48 Å². The largest absolute Gasteiger partial charge is 0.388 e. The fourth-order valence-corrected chi connectivity index (χ4v) is 2.86. The minimum absolute atomic E-state index is 0.0528. The van der Waals surface area contributed by atoms with Gasteiger partial charge in [0.2, 0.25) is 5.91 Å². The highest BCUT2D eigenvalue weighted by Gasteiger charge is 2.34. The lowest BCUT2D eigenvalue weighted by atomic mass is 9.89. The number of amides is 1. The van der Waals surface area contributed by atoms with E-state index in [1.54, 1.807) is 0 Å². The van der Waals surface area contributed by atoms with Gasteiger partial charge in [-0.05, 0) is 38.3 Å². The smallest absolute Gasteiger partial charge is 0.220 e. The van der Waals surface area contributed by atoms with Crippen molar-refractivity contribution in [3.8, 4) is 0 Å². The molecule has 1 aliphatic heterocycles. The maximum absolute atomic E-state index is 11.0. The van der Waals surface area contributed by atoms with E-state index in [1.807, 2.05) is 10.9 Å². The van der Waals surface area contributed by atoms with E-state index in [9.17, 15) is 9.90 Å². The Morgan fingerprint density at radius 3 is 3.05 bits per heavy atom. The van der Waals surface area contributed by atoms with Crippen LogP contribution in [0.25, 0.3) is 0 Å². The molecule has 2 heterocycles. The molecule has 1 amide bonds. The predicted molar refractivity (Wildman–Crippen MR) is 76.0 cm³/mol. The zero-order valence-corrected chi connectivity index (χ0v) is 12.1. The molecule has 1 aliphatic rings. The van der Waals surface area contributed by atoms with E-state index < -0.39 is 11.5 Å². The third kappa shape index (κ3) is 4.05. The lowest BCUT2D eigenvalue weighted by molar-refractivity contribution is -0.125. The molecule has 1 unspecified atom stereocenters. The highest BCUT2D eigenvalue weighted by Crippen LogP contribution is 2.24. The van der Waals surface area contributed by atoms with E-state index in [0.717, 1.165) is 32.5 Å². The quantitative estimate of drug-likeness (QED) is 0.777. The number of nitrogens with zero attached hydrogens (tertiary/aromatic N) is 3. The monoisotopic (exact) mass is 280 g/mol. The maximum Gasteiger partial charge on any atom is 0.220 e. The van der Waals surface area contributed by atoms with Crippen LogP contribution in [0.1, 0.15) is 31.7 Å². The molecule has 1 fully saturated rings. The number of piperidine rings is 1. The summed E-state index contributed by atoms with van der Waals surface area (Å²) in [6.45, 7) is 5.30. The number of aliphatic hydroxyl groups is 1. The number of likely N-dealkylation sites (tertiary alicyclic amines) is 1. The number of carbonyl (C=O) groups is 1. The number of aryl methyl sites for hydroxylation is 1. The molecule has 0 spiro atoms. The van der Waals surface area contributed by atoms with Gasteiger partial charge >= 0.3 is 0 Å². The Balaban J connectivity index is 1.85. The number of hydrogen-bond donors (Lipinski definition) is 2. The predicted octanol–water partition coefficient (Wildman–Crippen LogP) is 0.148. The molecule has 1 aromatic rings. The maximum atomic E-state index is 11.0. The lowest BCUT2D eigenvalue weighted by Crippen LogP contribution is -2.50. The summed E-state index contributed by atoms with van der Waals surface area (Å²) >= 11 is 0. The lowest BCUT2D eigenvalue weighted by Gasteiger charge is -2.38. The number of aromatic nitrogens is 2. The number of rotatable bonds is 6. The molecule has 2 rings (SSSR count). The Kier molecular flexibility index (Phi) is 4.77. The van der Waals surface area contributed by atoms with E-state index in [-0.39, 0.29) is 6.42 Å². The number of carbonyl (C=O) groups excluding carboxylic acids is 1. The van der Waals surface area contributed by atoms with Gasteiger partial charge in [0.15, 0.2) is 0 Å². The second-order valence-corrected chi connectivity index (χ2v) is 5.70. The summed E-state index contributed by atoms with van der Waals surface area (Å²) < 4.78 is 1.91. The zero-order valence-electron chi connectivity index (χ0n) is 12.1. The first-order chi connectivity index (χ1) is 9.50. The first-order valence-electron chi connectivity index (χ1n) is 7.25. The van der Waals surface area contributed by atoms with Gasteiger partial charge in [0.1, 0.15) is 0 Å². The van der Waals surface area contributed by atoms with Crippen molar-refractivity contribution < 1.29 is 9.90 Å². The van der Waals surface area contributed by atoms with Crippen molar-refractivity contribution >= 4 is 5.91 Å². The molecular formula is C14H24N4O2. The number of β-amino-alcohol motifs (C(OH)–C–C–N with tert-alkyl or cyclic N) is 1. The fraction of sp³-hybridized carbons (Fsp3) is 0.714. The van der Waals surface area contributed by atoms with Gasteiger partial charge in [0.25, 0.3) is 0 Å². The molecule has 1 saturated heterocycles. The van der Waals surface area contributed by atoms with Crippen LogP contribution in [0.5, 0.6) is 0 Å². The molecule has 20 heavy (non-hydrogen) atoms. The molecule has 3 N–H and O–H groups in total. The Bertz CT molecular complexity index is 460. The van der Waals surface area contributed by atoms with Crippen LogP contribution in [0.15, 0.2) is 12.4 Å². The third-order valence-electron chi connectivity index (χ3n) is 3.87. The van der Waals surface area contributed by atoms with Gasteiger partial charge in [-0.15, -0.1) is 0 Å². The Morgan fingerprint density at radius 2 is 2.40 bits per heavy atom. The molecule has 0 bridgehead atoms. The van der Waals surface area contributed by atoms with Crippen LogP contribution < -0.4 is 5.73 Å². The van der Waals surface area contributed by atoms with Gasteiger partial charge in [-0.25, -0.2) is 0 Å². The van der Waals surface area contributed by atoms with Crippen molar-refractivity contribution in [1.29, 1.82) is 0 Å². The SMILES string of the molecule is CCn1cc(CCN2CCCC(O)(CC(N)=O)C2)cn1. The third-order valence-corrected chi connectivity index (χ3v) is 3.87. The van der Waals surface area contributed by atoms with E-state index in [1.165, 1.54) is 5.56 Å². The van der Waals surface area contributed by atoms with Gasteiger partial charge in [-0.1, -0.05) is 0 Å². The van der Waals surface area contributed by atoms with E-state index in [4.69, 9.17) is 5.73 Å². The Hall–Kier alpha value is -1.40. The second-order valence-electron chi connectivity index (χ2n) is 5.70. The van der Waals surface area contributed by atoms with Crippen molar-refractivity contribution in [2.45, 2.75) is 44.8 Å². The topological polar surface area (TPSA) is 84.4 Å². The Labute approximate surface area is 119 Å².